The molecule has 11 heteroatoms. The molecule has 7 nitrogen and oxygen atoms in total. The highest BCUT2D eigenvalue weighted by Crippen LogP contribution is 2.33. The molecule has 2 fully saturated rings. The first kappa shape index (κ1) is 28.9. The van der Waals surface area contributed by atoms with Gasteiger partial charge in [-0.1, -0.05) is 11.6 Å². The van der Waals surface area contributed by atoms with E-state index in [0.717, 1.165) is 25.0 Å². The van der Waals surface area contributed by atoms with Crippen LogP contribution in [0.4, 0.5) is 29.3 Å². The van der Waals surface area contributed by atoms with E-state index in [0.29, 0.717) is 54.6 Å². The number of nitrogens with one attached hydrogen (secondary N) is 1. The SMILES string of the molecule is CC(C)(C)OC(=O)N1CCCC[C@@H]1C(=O)Nc1ccc(O[C@H]2CCN(c3ccc(C(F)(F)F)cc3)C2)c(Cl)c1. The zero-order valence-electron chi connectivity index (χ0n) is 22.2. The summed E-state index contributed by atoms with van der Waals surface area (Å²) in [6, 6.07) is 9.39. The van der Waals surface area contributed by atoms with Gasteiger partial charge < -0.3 is 19.7 Å². The Morgan fingerprint density at radius 2 is 1.72 bits per heavy atom. The highest BCUT2D eigenvalue weighted by atomic mass is 35.5. The first-order chi connectivity index (χ1) is 18.3. The molecule has 2 aliphatic rings. The normalized spacial score (nSPS) is 20.1. The van der Waals surface area contributed by atoms with Crippen LogP contribution in [0.5, 0.6) is 5.75 Å². The van der Waals surface area contributed by atoms with Gasteiger partial charge in [0, 0.05) is 30.9 Å². The third-order valence-corrected chi connectivity index (χ3v) is 6.93. The minimum absolute atomic E-state index is 0.199. The van der Waals surface area contributed by atoms with Crippen molar-refractivity contribution in [3.8, 4) is 5.75 Å². The summed E-state index contributed by atoms with van der Waals surface area (Å²) >= 11 is 6.46. The number of amides is 2. The number of anilines is 2. The molecule has 0 aliphatic carbocycles. The van der Waals surface area contributed by atoms with E-state index in [-0.39, 0.29) is 12.0 Å². The van der Waals surface area contributed by atoms with Gasteiger partial charge in [0.25, 0.3) is 0 Å². The minimum atomic E-state index is -4.37. The van der Waals surface area contributed by atoms with Crippen LogP contribution in [0.2, 0.25) is 5.02 Å². The molecule has 2 aromatic carbocycles. The Labute approximate surface area is 231 Å². The van der Waals surface area contributed by atoms with E-state index in [1.165, 1.54) is 17.0 Å². The molecule has 212 valence electrons. The second kappa shape index (κ2) is 11.5. The number of rotatable bonds is 5. The van der Waals surface area contributed by atoms with Crippen molar-refractivity contribution in [1.82, 2.24) is 4.90 Å². The molecule has 2 amide bonds. The highest BCUT2D eigenvalue weighted by molar-refractivity contribution is 6.32. The molecule has 0 saturated carbocycles. The van der Waals surface area contributed by atoms with Crippen molar-refractivity contribution in [3.05, 3.63) is 53.1 Å². The summed E-state index contributed by atoms with van der Waals surface area (Å²) in [6.07, 6.45) is -2.23. The molecule has 0 bridgehead atoms. The Balaban J connectivity index is 1.34. The Hall–Kier alpha value is -3.14. The summed E-state index contributed by atoms with van der Waals surface area (Å²) in [5.74, 6) is 0.134. The maximum atomic E-state index is 13.1. The Kier molecular flexibility index (Phi) is 8.54. The summed E-state index contributed by atoms with van der Waals surface area (Å²) in [6.45, 7) is 6.94. The predicted octanol–water partition coefficient (Wildman–Crippen LogP) is 6.74. The number of likely N-dealkylation sites (tertiary alicyclic amines) is 1. The van der Waals surface area contributed by atoms with Crippen molar-refractivity contribution in [3.63, 3.8) is 0 Å². The molecule has 39 heavy (non-hydrogen) atoms. The van der Waals surface area contributed by atoms with Crippen LogP contribution in [0.1, 0.15) is 52.0 Å². The van der Waals surface area contributed by atoms with Gasteiger partial charge in [-0.25, -0.2) is 4.79 Å². The molecule has 2 saturated heterocycles. The van der Waals surface area contributed by atoms with Crippen molar-refractivity contribution in [2.45, 2.75) is 70.4 Å². The van der Waals surface area contributed by atoms with Gasteiger partial charge >= 0.3 is 12.3 Å². The van der Waals surface area contributed by atoms with E-state index in [4.69, 9.17) is 21.1 Å². The fourth-order valence-corrected chi connectivity index (χ4v) is 4.97. The van der Waals surface area contributed by atoms with E-state index in [2.05, 4.69) is 5.32 Å². The molecular formula is C28H33ClF3N3O4. The Bertz CT molecular complexity index is 1180. The lowest BCUT2D eigenvalue weighted by atomic mass is 10.0. The molecule has 0 unspecified atom stereocenters. The molecule has 4 rings (SSSR count). The summed E-state index contributed by atoms with van der Waals surface area (Å²) < 4.78 is 50.1. The molecule has 2 aliphatic heterocycles. The third kappa shape index (κ3) is 7.50. The van der Waals surface area contributed by atoms with Crippen LogP contribution in [-0.4, -0.2) is 54.3 Å². The van der Waals surface area contributed by atoms with Gasteiger partial charge in [-0.15, -0.1) is 0 Å². The van der Waals surface area contributed by atoms with Crippen LogP contribution in [0.25, 0.3) is 0 Å². The number of alkyl halides is 3. The van der Waals surface area contributed by atoms with Crippen molar-refractivity contribution < 1.29 is 32.2 Å². The minimum Gasteiger partial charge on any atom is -0.487 e. The van der Waals surface area contributed by atoms with Crippen LogP contribution in [-0.2, 0) is 15.7 Å². The van der Waals surface area contributed by atoms with Crippen molar-refractivity contribution in [2.75, 3.05) is 29.9 Å². The number of benzene rings is 2. The zero-order chi connectivity index (χ0) is 28.4. The largest absolute Gasteiger partial charge is 0.487 e. The van der Waals surface area contributed by atoms with Crippen LogP contribution < -0.4 is 15.0 Å². The number of nitrogens with zero attached hydrogens (tertiary/aromatic N) is 2. The molecule has 2 aromatic rings. The molecular weight excluding hydrogens is 535 g/mol. The molecule has 1 N–H and O–H groups in total. The Morgan fingerprint density at radius 3 is 2.36 bits per heavy atom. The van der Waals surface area contributed by atoms with Gasteiger partial charge in [0.15, 0.2) is 0 Å². The second-order valence-electron chi connectivity index (χ2n) is 10.8. The van der Waals surface area contributed by atoms with Gasteiger partial charge in [0.1, 0.15) is 23.5 Å². The van der Waals surface area contributed by atoms with Crippen LogP contribution in [0, 0.1) is 0 Å². The highest BCUT2D eigenvalue weighted by Gasteiger charge is 2.35. The van der Waals surface area contributed by atoms with Crippen molar-refractivity contribution >= 4 is 35.0 Å². The Morgan fingerprint density at radius 1 is 1.00 bits per heavy atom. The van der Waals surface area contributed by atoms with E-state index < -0.39 is 29.5 Å². The first-order valence-corrected chi connectivity index (χ1v) is 13.4. The maximum Gasteiger partial charge on any atom is 0.416 e. The van der Waals surface area contributed by atoms with E-state index in [9.17, 15) is 22.8 Å². The molecule has 2 heterocycles. The lowest BCUT2D eigenvalue weighted by Crippen LogP contribution is -2.51. The second-order valence-corrected chi connectivity index (χ2v) is 11.2. The maximum absolute atomic E-state index is 13.1. The fraction of sp³-hybridized carbons (Fsp3) is 0.500. The van der Waals surface area contributed by atoms with Gasteiger partial charge in [-0.05, 0) is 82.5 Å². The number of hydrogen-bond donors (Lipinski definition) is 1. The quantitative estimate of drug-likeness (QED) is 0.433. The van der Waals surface area contributed by atoms with Crippen LogP contribution >= 0.6 is 11.6 Å². The molecule has 2 atom stereocenters. The van der Waals surface area contributed by atoms with Gasteiger partial charge in [0.05, 0.1) is 17.1 Å². The number of carbonyl (C=O) groups excluding carboxylic acids is 2. The standard InChI is InChI=1S/C28H33ClF3N3O4/c1-27(2,3)39-26(37)35-14-5-4-6-23(35)25(36)33-19-9-12-24(22(29)16-19)38-21-13-15-34(17-21)20-10-7-18(8-11-20)28(30,31)32/h7-12,16,21,23H,4-6,13-15,17H2,1-3H3,(H,33,36)/t21-,23+/m0/s1. The summed E-state index contributed by atoms with van der Waals surface area (Å²) in [4.78, 5) is 29.2. The monoisotopic (exact) mass is 567 g/mol. The predicted molar refractivity (Wildman–Crippen MR) is 143 cm³/mol. The average molecular weight is 568 g/mol. The number of carbonyl (C=O) groups is 2. The van der Waals surface area contributed by atoms with E-state index in [1.54, 1.807) is 39.0 Å². The topological polar surface area (TPSA) is 71.1 Å². The van der Waals surface area contributed by atoms with E-state index >= 15 is 0 Å². The number of hydrogen-bond acceptors (Lipinski definition) is 5. The van der Waals surface area contributed by atoms with Gasteiger partial charge in [-0.2, -0.15) is 13.2 Å². The van der Waals surface area contributed by atoms with Crippen molar-refractivity contribution in [1.29, 1.82) is 0 Å². The van der Waals surface area contributed by atoms with Crippen LogP contribution in [0.3, 0.4) is 0 Å². The van der Waals surface area contributed by atoms with Crippen molar-refractivity contribution in [2.24, 2.45) is 0 Å². The summed E-state index contributed by atoms with van der Waals surface area (Å²) in [7, 11) is 0. The fourth-order valence-electron chi connectivity index (χ4n) is 4.74. The molecule has 0 spiro atoms. The first-order valence-electron chi connectivity index (χ1n) is 13.0. The van der Waals surface area contributed by atoms with Gasteiger partial charge in [-0.3, -0.25) is 9.69 Å². The number of piperidine rings is 1. The third-order valence-electron chi connectivity index (χ3n) is 6.63. The lowest BCUT2D eigenvalue weighted by molar-refractivity contribution is -0.137. The zero-order valence-corrected chi connectivity index (χ0v) is 22.9. The molecule has 0 aromatic heterocycles. The average Bonchev–Trinajstić information content (AvgIpc) is 3.33. The van der Waals surface area contributed by atoms with E-state index in [1.807, 2.05) is 4.90 Å². The molecule has 0 radical (unpaired) electrons. The smallest absolute Gasteiger partial charge is 0.416 e. The number of halogens is 4. The van der Waals surface area contributed by atoms with Crippen LogP contribution in [0.15, 0.2) is 42.5 Å². The summed E-state index contributed by atoms with van der Waals surface area (Å²) in [5.41, 5.74) is -0.169. The summed E-state index contributed by atoms with van der Waals surface area (Å²) in [5, 5.41) is 3.16. The lowest BCUT2D eigenvalue weighted by Gasteiger charge is -2.35. The van der Waals surface area contributed by atoms with Gasteiger partial charge in [0.2, 0.25) is 5.91 Å². The number of ether oxygens (including phenoxy) is 2.